The molecule has 2 nitrogen and oxygen atoms in total. The van der Waals surface area contributed by atoms with Gasteiger partial charge in [0.15, 0.2) is 0 Å². The Kier molecular flexibility index (Phi) is 3.28. The van der Waals surface area contributed by atoms with Gasteiger partial charge in [-0.15, -0.1) is 0 Å². The van der Waals surface area contributed by atoms with Crippen molar-refractivity contribution in [2.24, 2.45) is 5.73 Å². The number of nitrogens with two attached hydrogens (primary N) is 1. The average molecular weight is 268 g/mol. The smallest absolute Gasteiger partial charge is 0.132 e. The van der Waals surface area contributed by atoms with Crippen LogP contribution < -0.4 is 5.73 Å². The van der Waals surface area contributed by atoms with Crippen molar-refractivity contribution in [3.8, 4) is 0 Å². The largest absolute Gasteiger partial charge is 0.343 e. The van der Waals surface area contributed by atoms with Crippen LogP contribution in [0, 0.1) is 12.7 Å². The van der Waals surface area contributed by atoms with Gasteiger partial charge in [0.2, 0.25) is 0 Å². The molecule has 1 heterocycles. The van der Waals surface area contributed by atoms with Crippen LogP contribution in [0.15, 0.2) is 48.7 Å². The van der Waals surface area contributed by atoms with Crippen LogP contribution in [0.1, 0.15) is 16.7 Å². The van der Waals surface area contributed by atoms with Crippen molar-refractivity contribution in [1.29, 1.82) is 0 Å². The van der Waals surface area contributed by atoms with Gasteiger partial charge in [-0.3, -0.25) is 0 Å². The van der Waals surface area contributed by atoms with E-state index in [-0.39, 0.29) is 12.4 Å². The highest BCUT2D eigenvalue weighted by Crippen LogP contribution is 2.22. The number of fused-ring (bicyclic) bond motifs is 1. The Morgan fingerprint density at radius 3 is 2.60 bits per heavy atom. The first-order valence-corrected chi connectivity index (χ1v) is 6.71. The van der Waals surface area contributed by atoms with Gasteiger partial charge in [0.25, 0.3) is 0 Å². The quantitative estimate of drug-likeness (QED) is 0.773. The molecule has 3 aromatic rings. The topological polar surface area (TPSA) is 30.9 Å². The molecule has 0 saturated heterocycles. The first-order valence-electron chi connectivity index (χ1n) is 6.71. The summed E-state index contributed by atoms with van der Waals surface area (Å²) in [4.78, 5) is 0. The molecule has 102 valence electrons. The molecule has 0 unspecified atom stereocenters. The van der Waals surface area contributed by atoms with Gasteiger partial charge in [0.05, 0.1) is 6.54 Å². The average Bonchev–Trinajstić information content (AvgIpc) is 2.86. The first-order chi connectivity index (χ1) is 9.70. The third-order valence-corrected chi connectivity index (χ3v) is 3.75. The Morgan fingerprint density at radius 1 is 1.05 bits per heavy atom. The molecular weight excluding hydrogens is 251 g/mol. The number of benzene rings is 2. The minimum atomic E-state index is -0.190. The van der Waals surface area contributed by atoms with Crippen molar-refractivity contribution in [1.82, 2.24) is 4.57 Å². The van der Waals surface area contributed by atoms with E-state index in [2.05, 4.69) is 29.7 Å². The van der Waals surface area contributed by atoms with Gasteiger partial charge in [-0.1, -0.05) is 30.3 Å². The zero-order valence-corrected chi connectivity index (χ0v) is 11.4. The van der Waals surface area contributed by atoms with Crippen LogP contribution in [0.2, 0.25) is 0 Å². The fourth-order valence-corrected chi connectivity index (χ4v) is 2.61. The minimum absolute atomic E-state index is 0.190. The maximum atomic E-state index is 14.3. The van der Waals surface area contributed by atoms with Crippen LogP contribution in [0.4, 0.5) is 4.39 Å². The van der Waals surface area contributed by atoms with Crippen LogP contribution >= 0.6 is 0 Å². The summed E-state index contributed by atoms with van der Waals surface area (Å²) in [5.74, 6) is -0.190. The van der Waals surface area contributed by atoms with Gasteiger partial charge in [0, 0.05) is 34.8 Å². The lowest BCUT2D eigenvalue weighted by atomic mass is 10.1. The highest BCUT2D eigenvalue weighted by Gasteiger charge is 2.09. The summed E-state index contributed by atoms with van der Waals surface area (Å²) in [6.07, 6.45) is 2.01. The number of hydrogen-bond donors (Lipinski definition) is 1. The van der Waals surface area contributed by atoms with Crippen molar-refractivity contribution in [2.75, 3.05) is 0 Å². The van der Waals surface area contributed by atoms with E-state index in [1.165, 1.54) is 10.9 Å². The fourth-order valence-electron chi connectivity index (χ4n) is 2.61. The molecule has 0 amide bonds. The Labute approximate surface area is 117 Å². The molecule has 3 rings (SSSR count). The highest BCUT2D eigenvalue weighted by atomic mass is 19.1. The van der Waals surface area contributed by atoms with E-state index in [1.54, 1.807) is 6.07 Å². The lowest BCUT2D eigenvalue weighted by Gasteiger charge is -2.09. The van der Waals surface area contributed by atoms with Gasteiger partial charge in [-0.25, -0.2) is 4.39 Å². The molecular formula is C17H17FN2. The Bertz CT molecular complexity index is 759. The molecule has 0 bridgehead atoms. The van der Waals surface area contributed by atoms with E-state index in [0.29, 0.717) is 17.7 Å². The van der Waals surface area contributed by atoms with Crippen LogP contribution in [-0.4, -0.2) is 4.57 Å². The number of aromatic nitrogens is 1. The molecule has 2 N–H and O–H groups in total. The summed E-state index contributed by atoms with van der Waals surface area (Å²) in [5, 5.41) is 1.21. The van der Waals surface area contributed by atoms with Crippen molar-refractivity contribution in [3.63, 3.8) is 0 Å². The molecule has 0 atom stereocenters. The normalized spacial score (nSPS) is 11.2. The summed E-state index contributed by atoms with van der Waals surface area (Å²) < 4.78 is 16.3. The van der Waals surface area contributed by atoms with Gasteiger partial charge in [-0.05, 0) is 24.6 Å². The lowest BCUT2D eigenvalue weighted by Crippen LogP contribution is -2.06. The van der Waals surface area contributed by atoms with Gasteiger partial charge in [0.1, 0.15) is 5.82 Å². The van der Waals surface area contributed by atoms with Crippen LogP contribution in [0.5, 0.6) is 0 Å². The molecule has 20 heavy (non-hydrogen) atoms. The van der Waals surface area contributed by atoms with Crippen LogP contribution in [-0.2, 0) is 13.1 Å². The van der Waals surface area contributed by atoms with Crippen molar-refractivity contribution < 1.29 is 4.39 Å². The zero-order valence-electron chi connectivity index (χ0n) is 11.4. The fraction of sp³-hybridized carbons (Fsp3) is 0.176. The van der Waals surface area contributed by atoms with Gasteiger partial charge in [-0.2, -0.15) is 0 Å². The molecule has 2 aromatic carbocycles. The maximum Gasteiger partial charge on any atom is 0.132 e. The SMILES string of the molecule is Cc1cccc2c1ccn2Cc1cccc(CN)c1F. The highest BCUT2D eigenvalue weighted by molar-refractivity contribution is 5.83. The number of aryl methyl sites for hydroxylation is 1. The predicted octanol–water partition coefficient (Wildman–Crippen LogP) is 3.60. The van der Waals surface area contributed by atoms with Crippen LogP contribution in [0.25, 0.3) is 10.9 Å². The monoisotopic (exact) mass is 268 g/mol. The third kappa shape index (κ3) is 2.10. The predicted molar refractivity (Wildman–Crippen MR) is 80.1 cm³/mol. The zero-order chi connectivity index (χ0) is 14.1. The first kappa shape index (κ1) is 12.9. The molecule has 0 fully saturated rings. The van der Waals surface area contributed by atoms with E-state index in [0.717, 1.165) is 5.52 Å². The van der Waals surface area contributed by atoms with Gasteiger partial charge < -0.3 is 10.3 Å². The van der Waals surface area contributed by atoms with Crippen molar-refractivity contribution in [2.45, 2.75) is 20.0 Å². The van der Waals surface area contributed by atoms with E-state index >= 15 is 0 Å². The number of hydrogen-bond acceptors (Lipinski definition) is 1. The Balaban J connectivity index is 2.04. The van der Waals surface area contributed by atoms with Crippen LogP contribution in [0.3, 0.4) is 0 Å². The Morgan fingerprint density at radius 2 is 1.80 bits per heavy atom. The standard InChI is InChI=1S/C17H17FN2/c1-12-4-2-7-16-15(12)8-9-20(16)11-14-6-3-5-13(10-19)17(14)18/h2-9H,10-11,19H2,1H3. The summed E-state index contributed by atoms with van der Waals surface area (Å²) in [7, 11) is 0. The Hall–Kier alpha value is -2.13. The molecule has 0 aliphatic carbocycles. The van der Waals surface area contributed by atoms with Crippen molar-refractivity contribution in [3.05, 3.63) is 71.2 Å². The summed E-state index contributed by atoms with van der Waals surface area (Å²) in [6, 6.07) is 13.7. The van der Waals surface area contributed by atoms with E-state index in [4.69, 9.17) is 5.73 Å². The molecule has 0 radical (unpaired) electrons. The maximum absolute atomic E-state index is 14.3. The molecule has 1 aromatic heterocycles. The lowest BCUT2D eigenvalue weighted by molar-refractivity contribution is 0.586. The minimum Gasteiger partial charge on any atom is -0.343 e. The second kappa shape index (κ2) is 5.10. The van der Waals surface area contributed by atoms with E-state index in [9.17, 15) is 4.39 Å². The molecule has 0 aliphatic rings. The third-order valence-electron chi connectivity index (χ3n) is 3.75. The van der Waals surface area contributed by atoms with Gasteiger partial charge >= 0.3 is 0 Å². The second-order valence-corrected chi connectivity index (χ2v) is 5.05. The number of nitrogens with zero attached hydrogens (tertiary/aromatic N) is 1. The number of halogens is 1. The molecule has 0 aliphatic heterocycles. The number of rotatable bonds is 3. The van der Waals surface area contributed by atoms with E-state index in [1.807, 2.05) is 24.4 Å². The summed E-state index contributed by atoms with van der Waals surface area (Å²) in [6.45, 7) is 2.83. The summed E-state index contributed by atoms with van der Waals surface area (Å²) in [5.41, 5.74) is 9.16. The summed E-state index contributed by atoms with van der Waals surface area (Å²) >= 11 is 0. The second-order valence-electron chi connectivity index (χ2n) is 5.05. The van der Waals surface area contributed by atoms with E-state index < -0.39 is 0 Å². The molecule has 0 spiro atoms. The molecule has 0 saturated carbocycles. The van der Waals surface area contributed by atoms with Crippen molar-refractivity contribution >= 4 is 10.9 Å². The molecule has 3 heteroatoms.